The van der Waals surface area contributed by atoms with Crippen LogP contribution < -0.4 is 9.64 Å². The number of nitrogens with zero attached hydrogens (tertiary/aromatic N) is 1. The number of furan rings is 1. The first-order valence-corrected chi connectivity index (χ1v) is 21.9. The molecule has 2 heterocycles. The minimum absolute atomic E-state index is 0.557. The van der Waals surface area contributed by atoms with Gasteiger partial charge < -0.3 is 14.1 Å². The van der Waals surface area contributed by atoms with E-state index in [-0.39, 0.29) is 0 Å². The second-order valence-electron chi connectivity index (χ2n) is 16.7. The molecule has 2 aliphatic rings. The van der Waals surface area contributed by atoms with E-state index in [4.69, 9.17) is 9.15 Å². The average Bonchev–Trinajstić information content (AvgIpc) is 3.88. The predicted octanol–water partition coefficient (Wildman–Crippen LogP) is 16.5. The highest BCUT2D eigenvalue weighted by Gasteiger charge is 2.51. The number of hydrogen-bond acceptors (Lipinski definition) is 3. The number of rotatable bonds is 6. The summed E-state index contributed by atoms with van der Waals surface area (Å²) in [4.78, 5) is 2.44. The van der Waals surface area contributed by atoms with Crippen LogP contribution >= 0.6 is 0 Å². The normalized spacial score (nSPS) is 12.9. The third kappa shape index (κ3) is 5.34. The number of benzene rings is 10. The summed E-state index contributed by atoms with van der Waals surface area (Å²) in [5.41, 5.74) is 18.6. The Morgan fingerprint density at radius 2 is 0.812 bits per heavy atom. The molecule has 0 atom stereocenters. The van der Waals surface area contributed by atoms with E-state index in [1.54, 1.807) is 0 Å². The standard InChI is InChI=1S/C61H39NO2/c1-2-18-40(19-3-1)43-20-4-5-21-44(43)45-22-6-7-23-46(45)48-25-9-14-30-56(48)62(42-35-37-58-51(39-42)49-26-10-15-31-57(49)63-58)41-34-36-53-50(38-41)47-24-8-11-27-52(47)61(53)54-28-12-16-32-59(54)64-60-33-17-13-29-55(60)61/h1-39H. The van der Waals surface area contributed by atoms with Crippen LogP contribution in [-0.2, 0) is 5.41 Å². The first-order valence-electron chi connectivity index (χ1n) is 21.9. The Hall–Kier alpha value is -8.40. The van der Waals surface area contributed by atoms with Gasteiger partial charge in [-0.05, 0) is 105 Å². The van der Waals surface area contributed by atoms with Gasteiger partial charge in [-0.25, -0.2) is 0 Å². The summed E-state index contributed by atoms with van der Waals surface area (Å²) in [6.45, 7) is 0. The molecule has 64 heavy (non-hydrogen) atoms. The highest BCUT2D eigenvalue weighted by atomic mass is 16.5. The van der Waals surface area contributed by atoms with E-state index in [0.29, 0.717) is 0 Å². The fraction of sp³-hybridized carbons (Fsp3) is 0.0164. The summed E-state index contributed by atoms with van der Waals surface area (Å²) in [5.74, 6) is 1.77. The predicted molar refractivity (Wildman–Crippen MR) is 262 cm³/mol. The topological polar surface area (TPSA) is 25.6 Å². The van der Waals surface area contributed by atoms with Crippen molar-refractivity contribution in [2.45, 2.75) is 5.41 Å². The lowest BCUT2D eigenvalue weighted by Gasteiger charge is -2.39. The van der Waals surface area contributed by atoms with Crippen LogP contribution in [0.2, 0.25) is 0 Å². The van der Waals surface area contributed by atoms with Gasteiger partial charge in [-0.1, -0.05) is 182 Å². The van der Waals surface area contributed by atoms with Gasteiger partial charge in [0.15, 0.2) is 0 Å². The van der Waals surface area contributed by atoms with Gasteiger partial charge in [-0.15, -0.1) is 0 Å². The molecule has 10 aromatic carbocycles. The van der Waals surface area contributed by atoms with Crippen LogP contribution in [0.3, 0.4) is 0 Å². The molecule has 0 fully saturated rings. The van der Waals surface area contributed by atoms with E-state index in [9.17, 15) is 0 Å². The molecule has 11 aromatic rings. The molecule has 1 spiro atoms. The minimum Gasteiger partial charge on any atom is -0.457 e. The Balaban J connectivity index is 1.07. The van der Waals surface area contributed by atoms with Crippen LogP contribution in [0.4, 0.5) is 17.1 Å². The molecule has 0 radical (unpaired) electrons. The summed E-state index contributed by atoms with van der Waals surface area (Å²) in [5, 5.41) is 2.17. The van der Waals surface area contributed by atoms with Crippen LogP contribution in [0, 0.1) is 0 Å². The molecule has 13 rings (SSSR count). The van der Waals surface area contributed by atoms with Gasteiger partial charge in [0.2, 0.25) is 0 Å². The second-order valence-corrected chi connectivity index (χ2v) is 16.7. The first-order chi connectivity index (χ1) is 31.8. The summed E-state index contributed by atoms with van der Waals surface area (Å²) >= 11 is 0. The fourth-order valence-corrected chi connectivity index (χ4v) is 10.7. The van der Waals surface area contributed by atoms with Gasteiger partial charge in [0.1, 0.15) is 22.7 Å². The van der Waals surface area contributed by atoms with Crippen molar-refractivity contribution < 1.29 is 9.15 Å². The first kappa shape index (κ1) is 36.3. The van der Waals surface area contributed by atoms with Gasteiger partial charge >= 0.3 is 0 Å². The molecule has 0 amide bonds. The molecule has 0 unspecified atom stereocenters. The van der Waals surface area contributed by atoms with Crippen molar-refractivity contribution in [3.63, 3.8) is 0 Å². The lowest BCUT2D eigenvalue weighted by atomic mass is 9.66. The van der Waals surface area contributed by atoms with Crippen LogP contribution in [0.5, 0.6) is 11.5 Å². The quantitative estimate of drug-likeness (QED) is 0.167. The zero-order valence-corrected chi connectivity index (χ0v) is 34.8. The van der Waals surface area contributed by atoms with Crippen LogP contribution in [0.15, 0.2) is 241 Å². The monoisotopic (exact) mass is 817 g/mol. The van der Waals surface area contributed by atoms with Crippen LogP contribution in [0.1, 0.15) is 22.3 Å². The van der Waals surface area contributed by atoms with E-state index in [0.717, 1.165) is 72.8 Å². The molecule has 3 heteroatoms. The van der Waals surface area contributed by atoms with Crippen molar-refractivity contribution >= 4 is 39.0 Å². The van der Waals surface area contributed by atoms with Gasteiger partial charge in [0.25, 0.3) is 0 Å². The molecule has 1 aliphatic carbocycles. The lowest BCUT2D eigenvalue weighted by molar-refractivity contribution is 0.436. The van der Waals surface area contributed by atoms with Crippen molar-refractivity contribution in [3.8, 4) is 56.0 Å². The number of para-hydroxylation sites is 4. The molecular formula is C61H39NO2. The molecule has 0 bridgehead atoms. The van der Waals surface area contributed by atoms with Crippen molar-refractivity contribution in [2.24, 2.45) is 0 Å². The largest absolute Gasteiger partial charge is 0.457 e. The summed E-state index contributed by atoms with van der Waals surface area (Å²) in [6.07, 6.45) is 0. The zero-order chi connectivity index (χ0) is 42.2. The average molecular weight is 818 g/mol. The van der Waals surface area contributed by atoms with E-state index in [2.05, 4.69) is 229 Å². The molecule has 1 aromatic heterocycles. The SMILES string of the molecule is c1ccc(-c2ccccc2-c2ccccc2-c2ccccc2N(c2ccc3c(c2)-c2ccccc2C32c3ccccc3Oc3ccccc32)c2ccc3oc4ccccc4c3c2)cc1. The molecule has 300 valence electrons. The molecule has 1 aliphatic heterocycles. The summed E-state index contributed by atoms with van der Waals surface area (Å²) in [6, 6.07) is 85.2. The second kappa shape index (κ2) is 14.3. The van der Waals surface area contributed by atoms with Gasteiger partial charge in [-0.2, -0.15) is 0 Å². The maximum absolute atomic E-state index is 6.64. The van der Waals surface area contributed by atoms with Gasteiger partial charge in [-0.3, -0.25) is 0 Å². The minimum atomic E-state index is -0.557. The smallest absolute Gasteiger partial charge is 0.135 e. The molecule has 0 saturated heterocycles. The van der Waals surface area contributed by atoms with E-state index >= 15 is 0 Å². The Labute approximate surface area is 371 Å². The summed E-state index contributed by atoms with van der Waals surface area (Å²) < 4.78 is 13.0. The Morgan fingerprint density at radius 1 is 0.312 bits per heavy atom. The van der Waals surface area contributed by atoms with Crippen molar-refractivity contribution in [3.05, 3.63) is 259 Å². The Kier molecular flexibility index (Phi) is 8.13. The Bertz CT molecular complexity index is 3570. The van der Waals surface area contributed by atoms with E-state index < -0.39 is 5.41 Å². The third-order valence-corrected chi connectivity index (χ3v) is 13.4. The molecular weight excluding hydrogens is 779 g/mol. The highest BCUT2D eigenvalue weighted by Crippen LogP contribution is 2.62. The highest BCUT2D eigenvalue weighted by molar-refractivity contribution is 6.07. The maximum Gasteiger partial charge on any atom is 0.135 e. The number of hydrogen-bond donors (Lipinski definition) is 0. The van der Waals surface area contributed by atoms with E-state index in [1.807, 2.05) is 12.1 Å². The summed E-state index contributed by atoms with van der Waals surface area (Å²) in [7, 11) is 0. The number of anilines is 3. The van der Waals surface area contributed by atoms with Crippen LogP contribution in [-0.4, -0.2) is 0 Å². The van der Waals surface area contributed by atoms with Gasteiger partial charge in [0, 0.05) is 38.8 Å². The zero-order valence-electron chi connectivity index (χ0n) is 34.8. The maximum atomic E-state index is 6.64. The lowest BCUT2D eigenvalue weighted by Crippen LogP contribution is -2.32. The molecule has 0 saturated carbocycles. The van der Waals surface area contributed by atoms with Gasteiger partial charge in [0.05, 0.1) is 11.1 Å². The van der Waals surface area contributed by atoms with E-state index in [1.165, 1.54) is 44.5 Å². The van der Waals surface area contributed by atoms with Crippen molar-refractivity contribution in [2.75, 3.05) is 4.90 Å². The van der Waals surface area contributed by atoms with Crippen molar-refractivity contribution in [1.82, 2.24) is 0 Å². The van der Waals surface area contributed by atoms with Crippen molar-refractivity contribution in [1.29, 1.82) is 0 Å². The Morgan fingerprint density at radius 3 is 1.56 bits per heavy atom. The van der Waals surface area contributed by atoms with Crippen LogP contribution in [0.25, 0.3) is 66.4 Å². The number of ether oxygens (including phenoxy) is 1. The molecule has 0 N–H and O–H groups in total. The molecule has 3 nitrogen and oxygen atoms in total. The third-order valence-electron chi connectivity index (χ3n) is 13.4. The number of fused-ring (bicyclic) bond motifs is 12. The fourth-order valence-electron chi connectivity index (χ4n) is 10.7.